The Hall–Kier alpha value is -4.42. The molecule has 2 aliphatic heterocycles. The molecule has 222 valence electrons. The van der Waals surface area contributed by atoms with Gasteiger partial charge in [0.05, 0.1) is 37.1 Å². The molecule has 0 spiro atoms. The lowest BCUT2D eigenvalue weighted by Crippen LogP contribution is -2.44. The number of aromatic nitrogens is 3. The van der Waals surface area contributed by atoms with Gasteiger partial charge in [0, 0.05) is 49.3 Å². The Kier molecular flexibility index (Phi) is 9.03. The number of imidazole rings is 1. The number of carbonyl (C=O) groups excluding carboxylic acids is 2. The van der Waals surface area contributed by atoms with Crippen LogP contribution < -0.4 is 20.9 Å². The van der Waals surface area contributed by atoms with Crippen molar-refractivity contribution in [2.24, 2.45) is 5.92 Å². The third-order valence-corrected chi connectivity index (χ3v) is 7.82. The molecule has 12 heteroatoms. The fourth-order valence-corrected chi connectivity index (χ4v) is 5.05. The fourth-order valence-electron chi connectivity index (χ4n) is 5.05. The Morgan fingerprint density at radius 1 is 1.14 bits per heavy atom. The zero-order valence-electron chi connectivity index (χ0n) is 24.2. The summed E-state index contributed by atoms with van der Waals surface area (Å²) in [6.45, 7) is 8.63. The molecule has 1 aromatic carbocycles. The third-order valence-electron chi connectivity index (χ3n) is 7.82. The summed E-state index contributed by atoms with van der Waals surface area (Å²) in [6.07, 6.45) is 8.05. The average Bonchev–Trinajstić information content (AvgIpc) is 3.50. The number of aliphatic hydroxyl groups excluding tert-OH is 1. The fraction of sp³-hybridized carbons (Fsp3) is 0.400. The number of nitrogens with zero attached hydrogens (tertiary/aromatic N) is 5. The first-order valence-electron chi connectivity index (χ1n) is 14.3. The van der Waals surface area contributed by atoms with Gasteiger partial charge in [0.15, 0.2) is 5.82 Å². The van der Waals surface area contributed by atoms with Crippen LogP contribution >= 0.6 is 0 Å². The van der Waals surface area contributed by atoms with E-state index in [4.69, 9.17) is 4.74 Å². The van der Waals surface area contributed by atoms with Gasteiger partial charge in [-0.15, -0.1) is 0 Å². The second-order valence-electron chi connectivity index (χ2n) is 10.6. The van der Waals surface area contributed by atoms with Crippen LogP contribution in [0.15, 0.2) is 55.1 Å². The van der Waals surface area contributed by atoms with Crippen molar-refractivity contribution < 1.29 is 19.4 Å². The van der Waals surface area contributed by atoms with Crippen LogP contribution in [0, 0.1) is 12.8 Å². The van der Waals surface area contributed by atoms with Crippen molar-refractivity contribution in [2.75, 3.05) is 48.4 Å². The van der Waals surface area contributed by atoms with Crippen LogP contribution in [0.2, 0.25) is 0 Å². The molecule has 42 heavy (non-hydrogen) atoms. The molecular weight excluding hydrogens is 536 g/mol. The summed E-state index contributed by atoms with van der Waals surface area (Å²) in [5.41, 5.74) is 3.74. The van der Waals surface area contributed by atoms with E-state index in [9.17, 15) is 14.7 Å². The highest BCUT2D eigenvalue weighted by molar-refractivity contribution is 5.94. The largest absolute Gasteiger partial charge is 0.394 e. The zero-order valence-corrected chi connectivity index (χ0v) is 24.2. The van der Waals surface area contributed by atoms with Crippen LogP contribution in [0.5, 0.6) is 0 Å². The number of urea groups is 1. The third kappa shape index (κ3) is 6.39. The van der Waals surface area contributed by atoms with Crippen LogP contribution in [0.25, 0.3) is 5.70 Å². The maximum absolute atomic E-state index is 12.8. The number of carbonyl (C=O) groups is 2. The van der Waals surface area contributed by atoms with E-state index in [1.807, 2.05) is 55.9 Å². The molecule has 5 rings (SSSR count). The predicted molar refractivity (Wildman–Crippen MR) is 161 cm³/mol. The van der Waals surface area contributed by atoms with Gasteiger partial charge in [-0.05, 0) is 42.7 Å². The molecule has 2 aliphatic rings. The molecule has 0 saturated carbocycles. The monoisotopic (exact) mass is 574 g/mol. The van der Waals surface area contributed by atoms with Crippen LogP contribution in [0.1, 0.15) is 42.0 Å². The molecule has 0 unspecified atom stereocenters. The van der Waals surface area contributed by atoms with E-state index in [1.165, 1.54) is 0 Å². The molecule has 2 atom stereocenters. The molecule has 0 aliphatic carbocycles. The minimum Gasteiger partial charge on any atom is -0.394 e. The first kappa shape index (κ1) is 29.1. The number of morpholine rings is 1. The van der Waals surface area contributed by atoms with E-state index < -0.39 is 0 Å². The summed E-state index contributed by atoms with van der Waals surface area (Å²) < 4.78 is 7.36. The smallest absolute Gasteiger partial charge is 0.319 e. The van der Waals surface area contributed by atoms with Gasteiger partial charge < -0.3 is 40.2 Å². The summed E-state index contributed by atoms with van der Waals surface area (Å²) in [5.74, 6) is 1.44. The minimum atomic E-state index is -0.357. The predicted octanol–water partition coefficient (Wildman–Crippen LogP) is 3.48. The Balaban J connectivity index is 1.33. The Bertz CT molecular complexity index is 1430. The van der Waals surface area contributed by atoms with Crippen molar-refractivity contribution in [3.8, 4) is 0 Å². The van der Waals surface area contributed by atoms with Crippen LogP contribution in [0.4, 0.5) is 22.0 Å². The second-order valence-corrected chi connectivity index (χ2v) is 10.6. The highest BCUT2D eigenvalue weighted by Crippen LogP contribution is 2.31. The van der Waals surface area contributed by atoms with Crippen LogP contribution in [-0.2, 0) is 11.4 Å². The first-order valence-corrected chi connectivity index (χ1v) is 14.3. The van der Waals surface area contributed by atoms with Crippen LogP contribution in [-0.4, -0.2) is 75.4 Å². The van der Waals surface area contributed by atoms with E-state index in [0.29, 0.717) is 50.0 Å². The summed E-state index contributed by atoms with van der Waals surface area (Å²) >= 11 is 0. The molecule has 12 nitrogen and oxygen atoms in total. The summed E-state index contributed by atoms with van der Waals surface area (Å²) in [6, 6.07) is 8.62. The van der Waals surface area contributed by atoms with Gasteiger partial charge in [-0.2, -0.15) is 0 Å². The number of nitrogens with one attached hydrogen (secondary N) is 3. The number of pyridine rings is 1. The zero-order chi connectivity index (χ0) is 29.6. The van der Waals surface area contributed by atoms with Crippen molar-refractivity contribution in [3.63, 3.8) is 0 Å². The summed E-state index contributed by atoms with van der Waals surface area (Å²) in [5, 5.41) is 18.9. The summed E-state index contributed by atoms with van der Waals surface area (Å²) in [7, 11) is 0. The Labute approximate surface area is 245 Å². The number of hydrogen-bond acceptors (Lipinski definition) is 8. The van der Waals surface area contributed by atoms with E-state index >= 15 is 0 Å². The lowest BCUT2D eigenvalue weighted by molar-refractivity contribution is 0.0302. The van der Waals surface area contributed by atoms with Gasteiger partial charge in [-0.1, -0.05) is 26.3 Å². The van der Waals surface area contributed by atoms with E-state index in [1.54, 1.807) is 29.4 Å². The highest BCUT2D eigenvalue weighted by atomic mass is 16.5. The number of aliphatic hydroxyl groups is 1. The number of benzene rings is 1. The van der Waals surface area contributed by atoms with Gasteiger partial charge in [0.2, 0.25) is 0 Å². The van der Waals surface area contributed by atoms with Crippen molar-refractivity contribution >= 4 is 34.8 Å². The highest BCUT2D eigenvalue weighted by Gasteiger charge is 2.23. The molecule has 4 N–H and O–H groups in total. The lowest BCUT2D eigenvalue weighted by atomic mass is 10.0. The van der Waals surface area contributed by atoms with Gasteiger partial charge in [0.25, 0.3) is 5.91 Å². The molecule has 1 saturated heterocycles. The molecular formula is C30H38N8O4. The van der Waals surface area contributed by atoms with Crippen LogP contribution in [0.3, 0.4) is 0 Å². The van der Waals surface area contributed by atoms with Gasteiger partial charge in [-0.3, -0.25) is 4.79 Å². The number of rotatable bonds is 9. The molecule has 3 amide bonds. The maximum atomic E-state index is 12.8. The van der Waals surface area contributed by atoms with Gasteiger partial charge in [0.1, 0.15) is 12.5 Å². The number of amides is 3. The minimum absolute atomic E-state index is 0.0552. The molecule has 4 heterocycles. The first-order chi connectivity index (χ1) is 20.4. The van der Waals surface area contributed by atoms with Crippen molar-refractivity contribution in [1.29, 1.82) is 0 Å². The molecule has 3 aromatic rings. The van der Waals surface area contributed by atoms with Gasteiger partial charge in [-0.25, -0.2) is 14.8 Å². The van der Waals surface area contributed by atoms with Crippen molar-refractivity contribution in [2.45, 2.75) is 39.9 Å². The number of anilines is 3. The maximum Gasteiger partial charge on any atom is 0.319 e. The number of hydrogen-bond donors (Lipinski definition) is 4. The molecule has 2 aromatic heterocycles. The normalized spacial score (nSPS) is 16.2. The molecule has 1 fully saturated rings. The lowest BCUT2D eigenvalue weighted by Gasteiger charge is -2.30. The SMILES string of the molecule is CC[C@H](C)[C@@H](CO)NC(=O)Nc1cccc(N2C=C(Nc3ccc(C(=O)N4CCOCC4)cn3)c3nccn3C2)c1C. The van der Waals surface area contributed by atoms with E-state index in [0.717, 1.165) is 29.2 Å². The van der Waals surface area contributed by atoms with Crippen molar-refractivity contribution in [1.82, 2.24) is 24.8 Å². The second kappa shape index (κ2) is 13.0. The summed E-state index contributed by atoms with van der Waals surface area (Å²) in [4.78, 5) is 38.4. The molecule has 0 radical (unpaired) electrons. The molecule has 0 bridgehead atoms. The standard InChI is InChI=1S/C30H38N8O4/c1-4-20(2)25(18-39)35-30(41)34-23-6-5-7-26(21(23)3)38-17-24(28-31-10-11-37(28)19-38)33-27-9-8-22(16-32-27)29(40)36-12-14-42-15-13-36/h5-11,16-17,20,25,39H,4,12-15,18-19H2,1-3H3,(H,32,33)(H2,34,35,41)/t20-,25+/m0/s1. The Morgan fingerprint density at radius 2 is 1.95 bits per heavy atom. The number of ether oxygens (including phenoxy) is 1. The van der Waals surface area contributed by atoms with Crippen molar-refractivity contribution in [3.05, 3.63) is 72.1 Å². The number of fused-ring (bicyclic) bond motifs is 1. The van der Waals surface area contributed by atoms with E-state index in [2.05, 4.69) is 30.8 Å². The quantitative estimate of drug-likeness (QED) is 0.305. The van der Waals surface area contributed by atoms with Gasteiger partial charge >= 0.3 is 6.03 Å². The van der Waals surface area contributed by atoms with E-state index in [-0.39, 0.29) is 30.5 Å². The topological polar surface area (TPSA) is 137 Å². The average molecular weight is 575 g/mol. The Morgan fingerprint density at radius 3 is 2.67 bits per heavy atom.